The number of carbonyl (C=O) groups excluding carboxylic acids is 1. The van der Waals surface area contributed by atoms with Crippen molar-refractivity contribution in [3.63, 3.8) is 0 Å². The summed E-state index contributed by atoms with van der Waals surface area (Å²) in [5.41, 5.74) is -1.26. The standard InChI is InChI=1S/C14H22N2O3/c1-6-19-12(17)10-8-7-9-15-11(10)16-13(2,3)14(4,5)18/h7-9,18H,6H2,1-5H3,(H,15,16). The Hall–Kier alpha value is -1.62. The number of ether oxygens (including phenoxy) is 1. The van der Waals surface area contributed by atoms with Crippen LogP contribution in [0.1, 0.15) is 45.0 Å². The highest BCUT2D eigenvalue weighted by atomic mass is 16.5. The van der Waals surface area contributed by atoms with Gasteiger partial charge < -0.3 is 15.2 Å². The van der Waals surface area contributed by atoms with Crippen molar-refractivity contribution in [2.75, 3.05) is 11.9 Å². The van der Waals surface area contributed by atoms with E-state index in [0.29, 0.717) is 18.0 Å². The molecule has 0 aliphatic rings. The molecule has 0 spiro atoms. The molecule has 0 saturated heterocycles. The molecule has 5 heteroatoms. The van der Waals surface area contributed by atoms with Crippen molar-refractivity contribution in [3.05, 3.63) is 23.9 Å². The Morgan fingerprint density at radius 1 is 1.42 bits per heavy atom. The van der Waals surface area contributed by atoms with E-state index in [4.69, 9.17) is 4.74 Å². The Bertz CT molecular complexity index is 450. The van der Waals surface area contributed by atoms with E-state index in [2.05, 4.69) is 10.3 Å². The van der Waals surface area contributed by atoms with Crippen LogP contribution in [-0.2, 0) is 4.74 Å². The van der Waals surface area contributed by atoms with Crippen LogP contribution < -0.4 is 5.32 Å². The highest BCUT2D eigenvalue weighted by Crippen LogP contribution is 2.26. The predicted octanol–water partition coefficient (Wildman–Crippen LogP) is 2.22. The molecule has 0 aliphatic carbocycles. The Morgan fingerprint density at radius 3 is 2.58 bits per heavy atom. The van der Waals surface area contributed by atoms with Gasteiger partial charge in [-0.05, 0) is 46.8 Å². The highest BCUT2D eigenvalue weighted by molar-refractivity contribution is 5.94. The summed E-state index contributed by atoms with van der Waals surface area (Å²) in [7, 11) is 0. The van der Waals surface area contributed by atoms with Gasteiger partial charge in [0.15, 0.2) is 0 Å². The molecule has 0 aromatic carbocycles. The van der Waals surface area contributed by atoms with Gasteiger partial charge in [0.2, 0.25) is 0 Å². The van der Waals surface area contributed by atoms with Crippen LogP contribution in [-0.4, -0.2) is 33.8 Å². The number of esters is 1. The lowest BCUT2D eigenvalue weighted by Gasteiger charge is -2.38. The van der Waals surface area contributed by atoms with E-state index in [1.807, 2.05) is 13.8 Å². The van der Waals surface area contributed by atoms with Gasteiger partial charge in [0.05, 0.1) is 17.7 Å². The van der Waals surface area contributed by atoms with Crippen LogP contribution in [0, 0.1) is 0 Å². The molecule has 0 unspecified atom stereocenters. The third kappa shape index (κ3) is 3.67. The number of rotatable bonds is 5. The van der Waals surface area contributed by atoms with E-state index >= 15 is 0 Å². The molecule has 1 heterocycles. The fourth-order valence-corrected chi connectivity index (χ4v) is 1.33. The molecule has 0 radical (unpaired) electrons. The first-order chi connectivity index (χ1) is 8.69. The molecule has 0 amide bonds. The highest BCUT2D eigenvalue weighted by Gasteiger charge is 2.36. The van der Waals surface area contributed by atoms with E-state index in [-0.39, 0.29) is 0 Å². The number of anilines is 1. The van der Waals surface area contributed by atoms with Crippen LogP contribution in [0.4, 0.5) is 5.82 Å². The normalized spacial score (nSPS) is 12.1. The van der Waals surface area contributed by atoms with Gasteiger partial charge in [-0.15, -0.1) is 0 Å². The van der Waals surface area contributed by atoms with E-state index in [9.17, 15) is 9.90 Å². The maximum Gasteiger partial charge on any atom is 0.341 e. The Balaban J connectivity index is 3.06. The number of hydrogen-bond donors (Lipinski definition) is 2. The van der Waals surface area contributed by atoms with Crippen LogP contribution in [0.15, 0.2) is 18.3 Å². The molecular weight excluding hydrogens is 244 g/mol. The largest absolute Gasteiger partial charge is 0.462 e. The number of nitrogens with one attached hydrogen (secondary N) is 1. The Labute approximate surface area is 114 Å². The van der Waals surface area contributed by atoms with Gasteiger partial charge in [0.25, 0.3) is 0 Å². The SMILES string of the molecule is CCOC(=O)c1cccnc1NC(C)(C)C(C)(C)O. The summed E-state index contributed by atoms with van der Waals surface area (Å²) in [6, 6.07) is 3.32. The molecule has 19 heavy (non-hydrogen) atoms. The van der Waals surface area contributed by atoms with Gasteiger partial charge in [0.1, 0.15) is 11.4 Å². The van der Waals surface area contributed by atoms with Crippen molar-refractivity contribution in [1.82, 2.24) is 4.98 Å². The van der Waals surface area contributed by atoms with Gasteiger partial charge in [-0.25, -0.2) is 9.78 Å². The van der Waals surface area contributed by atoms with Crippen LogP contribution in [0.25, 0.3) is 0 Å². The van der Waals surface area contributed by atoms with Crippen molar-refractivity contribution < 1.29 is 14.6 Å². The molecule has 2 N–H and O–H groups in total. The average Bonchev–Trinajstić information content (AvgIpc) is 2.28. The Morgan fingerprint density at radius 2 is 2.05 bits per heavy atom. The average molecular weight is 266 g/mol. The molecular formula is C14H22N2O3. The number of nitrogens with zero attached hydrogens (tertiary/aromatic N) is 1. The smallest absolute Gasteiger partial charge is 0.341 e. The second kappa shape index (κ2) is 5.57. The minimum atomic E-state index is -0.976. The van der Waals surface area contributed by atoms with Crippen molar-refractivity contribution in [1.29, 1.82) is 0 Å². The van der Waals surface area contributed by atoms with E-state index in [1.165, 1.54) is 0 Å². The van der Waals surface area contributed by atoms with E-state index in [1.54, 1.807) is 39.1 Å². The van der Waals surface area contributed by atoms with Crippen LogP contribution in [0.3, 0.4) is 0 Å². The second-order valence-electron chi connectivity index (χ2n) is 5.43. The molecule has 1 aromatic heterocycles. The van der Waals surface area contributed by atoms with Gasteiger partial charge in [0, 0.05) is 6.20 Å². The van der Waals surface area contributed by atoms with E-state index in [0.717, 1.165) is 0 Å². The molecule has 0 saturated carbocycles. The molecule has 106 valence electrons. The lowest BCUT2D eigenvalue weighted by Crippen LogP contribution is -2.51. The van der Waals surface area contributed by atoms with Gasteiger partial charge in [-0.1, -0.05) is 0 Å². The minimum absolute atomic E-state index is 0.308. The maximum absolute atomic E-state index is 11.8. The van der Waals surface area contributed by atoms with Gasteiger partial charge >= 0.3 is 5.97 Å². The summed E-state index contributed by atoms with van der Waals surface area (Å²) < 4.78 is 4.99. The lowest BCUT2D eigenvalue weighted by molar-refractivity contribution is 0.0236. The summed E-state index contributed by atoms with van der Waals surface area (Å²) in [6.07, 6.45) is 1.59. The zero-order valence-electron chi connectivity index (χ0n) is 12.2. The van der Waals surface area contributed by atoms with E-state index < -0.39 is 17.1 Å². The van der Waals surface area contributed by atoms with Crippen molar-refractivity contribution >= 4 is 11.8 Å². The molecule has 0 aliphatic heterocycles. The summed E-state index contributed by atoms with van der Waals surface area (Å²) in [5.74, 6) is -0.0160. The van der Waals surface area contributed by atoms with Crippen LogP contribution in [0.5, 0.6) is 0 Å². The molecule has 1 aromatic rings. The van der Waals surface area contributed by atoms with Crippen molar-refractivity contribution in [2.24, 2.45) is 0 Å². The number of aliphatic hydroxyl groups is 1. The van der Waals surface area contributed by atoms with Crippen LogP contribution >= 0.6 is 0 Å². The summed E-state index contributed by atoms with van der Waals surface area (Å²) in [5, 5.41) is 13.2. The molecule has 0 bridgehead atoms. The number of aromatic nitrogens is 1. The fraction of sp³-hybridized carbons (Fsp3) is 0.571. The number of carbonyl (C=O) groups is 1. The Kier molecular flexibility index (Phi) is 4.52. The second-order valence-corrected chi connectivity index (χ2v) is 5.43. The number of pyridine rings is 1. The topological polar surface area (TPSA) is 71.5 Å². The predicted molar refractivity (Wildman–Crippen MR) is 74.2 cm³/mol. The summed E-state index contributed by atoms with van der Waals surface area (Å²) in [4.78, 5) is 16.0. The van der Waals surface area contributed by atoms with Crippen LogP contribution in [0.2, 0.25) is 0 Å². The first-order valence-electron chi connectivity index (χ1n) is 6.31. The van der Waals surface area contributed by atoms with Crippen molar-refractivity contribution in [3.8, 4) is 0 Å². The zero-order chi connectivity index (χ0) is 14.7. The monoisotopic (exact) mass is 266 g/mol. The zero-order valence-corrected chi connectivity index (χ0v) is 12.2. The quantitative estimate of drug-likeness (QED) is 0.800. The van der Waals surface area contributed by atoms with Crippen molar-refractivity contribution in [2.45, 2.75) is 45.8 Å². The van der Waals surface area contributed by atoms with Gasteiger partial charge in [-0.2, -0.15) is 0 Å². The summed E-state index contributed by atoms with van der Waals surface area (Å²) >= 11 is 0. The molecule has 5 nitrogen and oxygen atoms in total. The maximum atomic E-state index is 11.8. The third-order valence-electron chi connectivity index (χ3n) is 3.26. The minimum Gasteiger partial charge on any atom is -0.462 e. The first-order valence-corrected chi connectivity index (χ1v) is 6.31. The molecule has 0 fully saturated rings. The molecule has 1 rings (SSSR count). The van der Waals surface area contributed by atoms with Gasteiger partial charge in [-0.3, -0.25) is 0 Å². The third-order valence-corrected chi connectivity index (χ3v) is 3.26. The number of hydrogen-bond acceptors (Lipinski definition) is 5. The molecule has 0 atom stereocenters. The summed E-state index contributed by atoms with van der Waals surface area (Å²) in [6.45, 7) is 9.15. The first kappa shape index (κ1) is 15.4. The lowest BCUT2D eigenvalue weighted by atomic mass is 9.86. The fourth-order valence-electron chi connectivity index (χ4n) is 1.33.